The highest BCUT2D eigenvalue weighted by Crippen LogP contribution is 2.26. The summed E-state index contributed by atoms with van der Waals surface area (Å²) in [7, 11) is 1.86. The Morgan fingerprint density at radius 3 is 2.75 bits per heavy atom. The van der Waals surface area contributed by atoms with Gasteiger partial charge in [-0.2, -0.15) is 5.26 Å². The largest absolute Gasteiger partial charge is 0.327 e. The Balaban J connectivity index is 2.18. The van der Waals surface area contributed by atoms with Crippen molar-refractivity contribution in [2.75, 3.05) is 11.9 Å². The van der Waals surface area contributed by atoms with Gasteiger partial charge in [-0.25, -0.2) is 4.98 Å². The molecule has 20 heavy (non-hydrogen) atoms. The minimum Gasteiger partial charge on any atom is -0.327 e. The van der Waals surface area contributed by atoms with E-state index >= 15 is 0 Å². The van der Waals surface area contributed by atoms with Crippen LogP contribution >= 0.6 is 0 Å². The van der Waals surface area contributed by atoms with Crippen molar-refractivity contribution in [2.45, 2.75) is 0 Å². The lowest BCUT2D eigenvalue weighted by atomic mass is 10.2. The van der Waals surface area contributed by atoms with E-state index in [0.29, 0.717) is 11.4 Å². The molecular formula is C15H11N5. The molecule has 0 fully saturated rings. The summed E-state index contributed by atoms with van der Waals surface area (Å²) in [4.78, 5) is 14.5. The fourth-order valence-corrected chi connectivity index (χ4v) is 2.02. The molecule has 0 aliphatic rings. The Morgan fingerprint density at radius 1 is 1.15 bits per heavy atom. The fourth-order valence-electron chi connectivity index (χ4n) is 2.02. The summed E-state index contributed by atoms with van der Waals surface area (Å²) in [5.74, 6) is 0.598. The summed E-state index contributed by atoms with van der Waals surface area (Å²) in [5, 5.41) is 10.2. The summed E-state index contributed by atoms with van der Waals surface area (Å²) in [6.45, 7) is 0. The Labute approximate surface area is 116 Å². The standard InChI is InChI=1S/C15H11N5/c1-20(13-3-2-5-17-9-13)15-12(8-16)7-11-4-6-18-10-14(11)19-15/h2-7,9-10H,1H3. The van der Waals surface area contributed by atoms with Crippen LogP contribution in [0.5, 0.6) is 0 Å². The number of pyridine rings is 3. The van der Waals surface area contributed by atoms with Gasteiger partial charge in [0.15, 0.2) is 5.82 Å². The van der Waals surface area contributed by atoms with E-state index in [1.807, 2.05) is 36.2 Å². The zero-order chi connectivity index (χ0) is 13.9. The quantitative estimate of drug-likeness (QED) is 0.709. The Bertz CT molecular complexity index is 792. The molecule has 0 N–H and O–H groups in total. The predicted octanol–water partition coefficient (Wildman–Crippen LogP) is 2.66. The number of rotatable bonds is 2. The first-order valence-corrected chi connectivity index (χ1v) is 6.08. The van der Waals surface area contributed by atoms with Crippen molar-refractivity contribution in [3.8, 4) is 6.07 Å². The minimum absolute atomic E-state index is 0.523. The van der Waals surface area contributed by atoms with Gasteiger partial charge in [0.2, 0.25) is 0 Å². The maximum absolute atomic E-state index is 9.33. The van der Waals surface area contributed by atoms with E-state index in [1.165, 1.54) is 0 Å². The number of hydrogen-bond acceptors (Lipinski definition) is 5. The Morgan fingerprint density at radius 2 is 2.00 bits per heavy atom. The fraction of sp³-hybridized carbons (Fsp3) is 0.0667. The zero-order valence-electron chi connectivity index (χ0n) is 10.9. The van der Waals surface area contributed by atoms with Gasteiger partial charge in [0, 0.05) is 24.8 Å². The summed E-state index contributed by atoms with van der Waals surface area (Å²) >= 11 is 0. The second-order valence-corrected chi connectivity index (χ2v) is 4.31. The maximum atomic E-state index is 9.33. The molecule has 0 saturated carbocycles. The number of fused-ring (bicyclic) bond motifs is 1. The van der Waals surface area contributed by atoms with Gasteiger partial charge >= 0.3 is 0 Å². The lowest BCUT2D eigenvalue weighted by molar-refractivity contribution is 1.12. The van der Waals surface area contributed by atoms with Crippen LogP contribution in [0.25, 0.3) is 10.9 Å². The van der Waals surface area contributed by atoms with Crippen LogP contribution in [0, 0.1) is 11.3 Å². The van der Waals surface area contributed by atoms with E-state index in [-0.39, 0.29) is 0 Å². The third kappa shape index (κ3) is 2.04. The summed E-state index contributed by atoms with van der Waals surface area (Å²) < 4.78 is 0. The van der Waals surface area contributed by atoms with Crippen molar-refractivity contribution in [3.63, 3.8) is 0 Å². The van der Waals surface area contributed by atoms with Crippen LogP contribution in [0.4, 0.5) is 11.5 Å². The van der Waals surface area contributed by atoms with Gasteiger partial charge in [-0.3, -0.25) is 9.97 Å². The van der Waals surface area contributed by atoms with Crippen molar-refractivity contribution in [2.24, 2.45) is 0 Å². The van der Waals surface area contributed by atoms with Gasteiger partial charge < -0.3 is 4.90 Å². The molecule has 0 radical (unpaired) electrons. The average Bonchev–Trinajstić information content (AvgIpc) is 2.53. The highest BCUT2D eigenvalue weighted by molar-refractivity contribution is 5.83. The van der Waals surface area contributed by atoms with E-state index in [2.05, 4.69) is 21.0 Å². The van der Waals surface area contributed by atoms with Crippen molar-refractivity contribution in [1.29, 1.82) is 5.26 Å². The summed E-state index contributed by atoms with van der Waals surface area (Å²) in [6, 6.07) is 9.63. The van der Waals surface area contributed by atoms with Gasteiger partial charge in [-0.1, -0.05) is 0 Å². The summed E-state index contributed by atoms with van der Waals surface area (Å²) in [6.07, 6.45) is 6.82. The number of nitrogens with zero attached hydrogens (tertiary/aromatic N) is 5. The van der Waals surface area contributed by atoms with E-state index < -0.39 is 0 Å². The van der Waals surface area contributed by atoms with E-state index in [1.54, 1.807) is 24.8 Å². The smallest absolute Gasteiger partial charge is 0.151 e. The van der Waals surface area contributed by atoms with Crippen LogP contribution in [-0.4, -0.2) is 22.0 Å². The molecule has 0 aliphatic carbocycles. The molecule has 3 heterocycles. The van der Waals surface area contributed by atoms with Crippen LogP contribution in [-0.2, 0) is 0 Å². The maximum Gasteiger partial charge on any atom is 0.151 e. The Kier molecular flexibility index (Phi) is 2.98. The predicted molar refractivity (Wildman–Crippen MR) is 76.6 cm³/mol. The molecule has 5 heteroatoms. The van der Waals surface area contributed by atoms with Crippen LogP contribution in [0.3, 0.4) is 0 Å². The first kappa shape index (κ1) is 12.1. The normalized spacial score (nSPS) is 10.2. The topological polar surface area (TPSA) is 65.7 Å². The molecule has 96 valence electrons. The first-order chi connectivity index (χ1) is 9.79. The lowest BCUT2D eigenvalue weighted by Gasteiger charge is -2.19. The van der Waals surface area contributed by atoms with Crippen molar-refractivity contribution >= 4 is 22.4 Å². The average molecular weight is 261 g/mol. The van der Waals surface area contributed by atoms with Crippen LogP contribution in [0.1, 0.15) is 5.56 Å². The van der Waals surface area contributed by atoms with Crippen molar-refractivity contribution in [1.82, 2.24) is 15.0 Å². The molecular weight excluding hydrogens is 250 g/mol. The lowest BCUT2D eigenvalue weighted by Crippen LogP contribution is -2.13. The number of hydrogen-bond donors (Lipinski definition) is 0. The molecule has 0 aliphatic heterocycles. The molecule has 3 aromatic rings. The van der Waals surface area contributed by atoms with Gasteiger partial charge in [-0.05, 0) is 24.3 Å². The second kappa shape index (κ2) is 4.94. The van der Waals surface area contributed by atoms with Gasteiger partial charge in [0.1, 0.15) is 6.07 Å². The number of aromatic nitrogens is 3. The second-order valence-electron chi connectivity index (χ2n) is 4.31. The first-order valence-electron chi connectivity index (χ1n) is 6.08. The Hall–Kier alpha value is -3.00. The minimum atomic E-state index is 0.523. The van der Waals surface area contributed by atoms with Gasteiger partial charge in [0.25, 0.3) is 0 Å². The SMILES string of the molecule is CN(c1cccnc1)c1nc2cnccc2cc1C#N. The molecule has 0 unspecified atom stereocenters. The number of anilines is 2. The molecule has 0 saturated heterocycles. The molecule has 0 spiro atoms. The van der Waals surface area contributed by atoms with Crippen LogP contribution < -0.4 is 4.90 Å². The van der Waals surface area contributed by atoms with E-state index in [0.717, 1.165) is 16.6 Å². The molecule has 0 amide bonds. The monoisotopic (exact) mass is 261 g/mol. The molecule has 0 bridgehead atoms. The van der Waals surface area contributed by atoms with Crippen molar-refractivity contribution < 1.29 is 0 Å². The molecule has 3 rings (SSSR count). The van der Waals surface area contributed by atoms with Crippen LogP contribution in [0.2, 0.25) is 0 Å². The molecule has 5 nitrogen and oxygen atoms in total. The van der Waals surface area contributed by atoms with Crippen LogP contribution in [0.15, 0.2) is 49.1 Å². The molecule has 0 atom stereocenters. The van der Waals surface area contributed by atoms with Gasteiger partial charge in [-0.15, -0.1) is 0 Å². The molecule has 3 aromatic heterocycles. The highest BCUT2D eigenvalue weighted by Gasteiger charge is 2.12. The number of nitriles is 1. The van der Waals surface area contributed by atoms with Gasteiger partial charge in [0.05, 0.1) is 29.2 Å². The third-order valence-electron chi connectivity index (χ3n) is 3.07. The van der Waals surface area contributed by atoms with E-state index in [9.17, 15) is 5.26 Å². The highest BCUT2D eigenvalue weighted by atomic mass is 15.2. The third-order valence-corrected chi connectivity index (χ3v) is 3.07. The zero-order valence-corrected chi connectivity index (χ0v) is 10.9. The summed E-state index contributed by atoms with van der Waals surface area (Å²) in [5.41, 5.74) is 2.16. The molecule has 0 aromatic carbocycles. The van der Waals surface area contributed by atoms with E-state index in [4.69, 9.17) is 0 Å². The van der Waals surface area contributed by atoms with Crippen molar-refractivity contribution in [3.05, 3.63) is 54.6 Å².